The van der Waals surface area contributed by atoms with Crippen LogP contribution in [0.2, 0.25) is 5.02 Å². The number of morpholine rings is 1. The van der Waals surface area contributed by atoms with Crippen LogP contribution in [0.5, 0.6) is 0 Å². The topological polar surface area (TPSA) is 12.5 Å². The Labute approximate surface area is 112 Å². The minimum atomic E-state index is 0.245. The van der Waals surface area contributed by atoms with E-state index in [1.165, 1.54) is 0 Å². The molecule has 1 fully saturated rings. The van der Waals surface area contributed by atoms with Gasteiger partial charge in [-0.1, -0.05) is 17.7 Å². The van der Waals surface area contributed by atoms with Crippen molar-refractivity contribution in [2.75, 3.05) is 18.1 Å². The third-order valence-electron chi connectivity index (χ3n) is 3.08. The Balaban J connectivity index is 2.26. The van der Waals surface area contributed by atoms with E-state index in [4.69, 9.17) is 27.9 Å². The summed E-state index contributed by atoms with van der Waals surface area (Å²) < 4.78 is 5.62. The number of hydrogen-bond donors (Lipinski definition) is 0. The Bertz CT molecular complexity index is 397. The second-order valence-corrected chi connectivity index (χ2v) is 5.24. The number of ether oxygens (including phenoxy) is 1. The Morgan fingerprint density at radius 1 is 1.41 bits per heavy atom. The zero-order chi connectivity index (χ0) is 12.4. The van der Waals surface area contributed by atoms with Crippen molar-refractivity contribution in [2.24, 2.45) is 0 Å². The molecule has 2 atom stereocenters. The van der Waals surface area contributed by atoms with Gasteiger partial charge in [0.25, 0.3) is 0 Å². The van der Waals surface area contributed by atoms with E-state index in [0.29, 0.717) is 11.9 Å². The predicted molar refractivity (Wildman–Crippen MR) is 73.2 cm³/mol. The lowest BCUT2D eigenvalue weighted by Crippen LogP contribution is -2.47. The fourth-order valence-corrected chi connectivity index (χ4v) is 2.58. The van der Waals surface area contributed by atoms with Crippen molar-refractivity contribution in [2.45, 2.75) is 31.9 Å². The molecule has 1 aliphatic rings. The first-order chi connectivity index (χ1) is 8.11. The average Bonchev–Trinajstić information content (AvgIpc) is 2.32. The van der Waals surface area contributed by atoms with E-state index in [-0.39, 0.29) is 6.10 Å². The number of anilines is 1. The number of hydrogen-bond acceptors (Lipinski definition) is 2. The van der Waals surface area contributed by atoms with Crippen LogP contribution in [0.4, 0.5) is 5.69 Å². The lowest BCUT2D eigenvalue weighted by Gasteiger charge is -2.39. The molecule has 0 saturated carbocycles. The van der Waals surface area contributed by atoms with Gasteiger partial charge in [0, 0.05) is 18.5 Å². The average molecular weight is 274 g/mol. The minimum absolute atomic E-state index is 0.245. The molecule has 0 aromatic heterocycles. The van der Waals surface area contributed by atoms with E-state index in [1.807, 2.05) is 12.1 Å². The molecular formula is C13H17Cl2NO. The van der Waals surface area contributed by atoms with Crippen LogP contribution >= 0.6 is 23.2 Å². The zero-order valence-corrected chi connectivity index (χ0v) is 11.6. The van der Waals surface area contributed by atoms with Gasteiger partial charge in [0.05, 0.1) is 23.4 Å². The first-order valence-electron chi connectivity index (χ1n) is 5.84. The highest BCUT2D eigenvalue weighted by Gasteiger charge is 2.24. The van der Waals surface area contributed by atoms with E-state index in [9.17, 15) is 0 Å². The monoisotopic (exact) mass is 273 g/mol. The summed E-state index contributed by atoms with van der Waals surface area (Å²) in [4.78, 5) is 2.30. The molecule has 2 unspecified atom stereocenters. The second kappa shape index (κ2) is 5.47. The van der Waals surface area contributed by atoms with Gasteiger partial charge in [0.1, 0.15) is 0 Å². The van der Waals surface area contributed by atoms with Gasteiger partial charge in [-0.2, -0.15) is 0 Å². The van der Waals surface area contributed by atoms with Crippen LogP contribution in [0.1, 0.15) is 19.4 Å². The van der Waals surface area contributed by atoms with Crippen LogP contribution in [0.3, 0.4) is 0 Å². The molecule has 0 bridgehead atoms. The molecule has 1 aliphatic heterocycles. The van der Waals surface area contributed by atoms with Crippen molar-refractivity contribution in [1.82, 2.24) is 0 Å². The maximum absolute atomic E-state index is 6.31. The Kier molecular flexibility index (Phi) is 4.18. The van der Waals surface area contributed by atoms with Gasteiger partial charge in [-0.3, -0.25) is 0 Å². The van der Waals surface area contributed by atoms with E-state index >= 15 is 0 Å². The maximum Gasteiger partial charge on any atom is 0.0723 e. The minimum Gasteiger partial charge on any atom is -0.375 e. The number of alkyl halides is 1. The molecule has 0 amide bonds. The van der Waals surface area contributed by atoms with Crippen LogP contribution in [0, 0.1) is 0 Å². The van der Waals surface area contributed by atoms with Gasteiger partial charge in [-0.15, -0.1) is 11.6 Å². The summed E-state index contributed by atoms with van der Waals surface area (Å²) in [5.41, 5.74) is 2.12. The van der Waals surface area contributed by atoms with Gasteiger partial charge in [-0.25, -0.2) is 0 Å². The highest BCUT2D eigenvalue weighted by molar-refractivity contribution is 6.33. The molecule has 0 N–H and O–H groups in total. The fraction of sp³-hybridized carbons (Fsp3) is 0.538. The van der Waals surface area contributed by atoms with Crippen LogP contribution < -0.4 is 4.90 Å². The molecular weight excluding hydrogens is 257 g/mol. The summed E-state index contributed by atoms with van der Waals surface area (Å²) in [6.45, 7) is 5.85. The Morgan fingerprint density at radius 2 is 2.18 bits per heavy atom. The number of benzene rings is 1. The molecule has 17 heavy (non-hydrogen) atoms. The van der Waals surface area contributed by atoms with Gasteiger partial charge in [0.2, 0.25) is 0 Å². The van der Waals surface area contributed by atoms with Crippen LogP contribution in [-0.2, 0) is 10.6 Å². The molecule has 94 valence electrons. The number of rotatable bonds is 2. The third kappa shape index (κ3) is 2.87. The zero-order valence-electron chi connectivity index (χ0n) is 10.1. The molecule has 2 rings (SSSR count). The van der Waals surface area contributed by atoms with Crippen molar-refractivity contribution in [3.05, 3.63) is 28.8 Å². The predicted octanol–water partition coefficient (Wildman–Crippen LogP) is 3.69. The van der Waals surface area contributed by atoms with Crippen LogP contribution in [0.25, 0.3) is 0 Å². The summed E-state index contributed by atoms with van der Waals surface area (Å²) in [5.74, 6) is 0.495. The SMILES string of the molecule is CC1CN(c2ccc(CCl)cc2Cl)C(C)CO1. The molecule has 1 saturated heterocycles. The van der Waals surface area contributed by atoms with E-state index in [1.54, 1.807) is 0 Å². The quantitative estimate of drug-likeness (QED) is 0.762. The summed E-state index contributed by atoms with van der Waals surface area (Å²) in [7, 11) is 0. The van der Waals surface area contributed by atoms with E-state index in [0.717, 1.165) is 29.4 Å². The smallest absolute Gasteiger partial charge is 0.0723 e. The second-order valence-electron chi connectivity index (χ2n) is 4.56. The van der Waals surface area contributed by atoms with Crippen LogP contribution in [0.15, 0.2) is 18.2 Å². The summed E-state index contributed by atoms with van der Waals surface area (Å²) in [5, 5.41) is 0.768. The van der Waals surface area contributed by atoms with Gasteiger partial charge in [0.15, 0.2) is 0 Å². The summed E-state index contributed by atoms with van der Waals surface area (Å²) in [6.07, 6.45) is 0.245. The highest BCUT2D eigenvalue weighted by Crippen LogP contribution is 2.30. The van der Waals surface area contributed by atoms with Crippen LogP contribution in [-0.4, -0.2) is 25.3 Å². The molecule has 1 aromatic rings. The standard InChI is InChI=1S/C13H17Cl2NO/c1-9-8-17-10(2)7-16(9)13-4-3-11(6-14)5-12(13)15/h3-5,9-10H,6-8H2,1-2H3. The number of nitrogens with zero attached hydrogens (tertiary/aromatic N) is 1. The normalized spacial score (nSPS) is 25.1. The first kappa shape index (κ1) is 13.0. The third-order valence-corrected chi connectivity index (χ3v) is 3.69. The van der Waals surface area contributed by atoms with E-state index < -0.39 is 0 Å². The molecule has 2 nitrogen and oxygen atoms in total. The van der Waals surface area contributed by atoms with Gasteiger partial charge >= 0.3 is 0 Å². The van der Waals surface area contributed by atoms with Crippen molar-refractivity contribution in [3.63, 3.8) is 0 Å². The van der Waals surface area contributed by atoms with Crippen molar-refractivity contribution >= 4 is 28.9 Å². The van der Waals surface area contributed by atoms with Crippen molar-refractivity contribution < 1.29 is 4.74 Å². The molecule has 0 aliphatic carbocycles. The van der Waals surface area contributed by atoms with Crippen molar-refractivity contribution in [3.8, 4) is 0 Å². The van der Waals surface area contributed by atoms with Crippen molar-refractivity contribution in [1.29, 1.82) is 0 Å². The lowest BCUT2D eigenvalue weighted by molar-refractivity contribution is 0.0344. The maximum atomic E-state index is 6.31. The summed E-state index contributed by atoms with van der Waals surface area (Å²) in [6, 6.07) is 6.37. The summed E-state index contributed by atoms with van der Waals surface area (Å²) >= 11 is 12.1. The van der Waals surface area contributed by atoms with Gasteiger partial charge in [-0.05, 0) is 31.5 Å². The molecule has 1 aromatic carbocycles. The molecule has 4 heteroatoms. The fourth-order valence-electron chi connectivity index (χ4n) is 2.11. The lowest BCUT2D eigenvalue weighted by atomic mass is 10.1. The first-order valence-corrected chi connectivity index (χ1v) is 6.75. The number of halogens is 2. The molecule has 1 heterocycles. The largest absolute Gasteiger partial charge is 0.375 e. The molecule has 0 spiro atoms. The van der Waals surface area contributed by atoms with Gasteiger partial charge < -0.3 is 9.64 Å². The Morgan fingerprint density at radius 3 is 2.82 bits per heavy atom. The molecule has 0 radical (unpaired) electrons. The Hall–Kier alpha value is -0.440. The van der Waals surface area contributed by atoms with E-state index in [2.05, 4.69) is 24.8 Å². The highest BCUT2D eigenvalue weighted by atomic mass is 35.5.